The van der Waals surface area contributed by atoms with E-state index in [1.54, 1.807) is 6.33 Å². The molecule has 3 heterocycles. The lowest BCUT2D eigenvalue weighted by atomic mass is 9.99. The fourth-order valence-corrected chi connectivity index (χ4v) is 2.87. The monoisotopic (exact) mass is 215 g/mol. The Kier molecular flexibility index (Phi) is 2.02. The van der Waals surface area contributed by atoms with E-state index in [2.05, 4.69) is 16.5 Å². The summed E-state index contributed by atoms with van der Waals surface area (Å²) >= 11 is 0. The van der Waals surface area contributed by atoms with Crippen molar-refractivity contribution in [2.75, 3.05) is 0 Å². The summed E-state index contributed by atoms with van der Waals surface area (Å²) in [6, 6.07) is 0.471. The molecule has 4 nitrogen and oxygen atoms in total. The minimum absolute atomic E-state index is 0.0296. The number of hydrogen-bond acceptors (Lipinski definition) is 3. The molecule has 0 aliphatic carbocycles. The van der Waals surface area contributed by atoms with Crippen molar-refractivity contribution in [3.8, 4) is 0 Å². The highest BCUT2D eigenvalue weighted by Crippen LogP contribution is 2.42. The zero-order valence-corrected chi connectivity index (χ0v) is 8.97. The third kappa shape index (κ3) is 1.19. The van der Waals surface area contributed by atoms with Crippen LogP contribution in [0.4, 0.5) is 0 Å². The summed E-state index contributed by atoms with van der Waals surface area (Å²) in [7, 11) is 0. The summed E-state index contributed by atoms with van der Waals surface area (Å²) in [5, 5.41) is 0. The smallest absolute Gasteiger partial charge is 0.246 e. The summed E-state index contributed by atoms with van der Waals surface area (Å²) in [5.41, 5.74) is 2.22. The fourth-order valence-electron chi connectivity index (χ4n) is 2.87. The van der Waals surface area contributed by atoms with Gasteiger partial charge in [0.1, 0.15) is 6.33 Å². The van der Waals surface area contributed by atoms with Gasteiger partial charge in [-0.1, -0.05) is 6.58 Å². The third-order valence-corrected chi connectivity index (χ3v) is 3.55. The number of fused-ring (bicyclic) bond motifs is 4. The number of rotatable bonds is 1. The number of carbonyl (C=O) groups excluding carboxylic acids is 1. The molecule has 0 N–H and O–H groups in total. The average molecular weight is 215 g/mol. The topological polar surface area (TPSA) is 46.1 Å². The van der Waals surface area contributed by atoms with Gasteiger partial charge in [0, 0.05) is 24.2 Å². The SMILES string of the molecule is C=CC(=O)N1C2CCC1c1cncnc1C2. The standard InChI is InChI=1S/C12H13N3O/c1-2-12(16)15-8-3-4-11(15)9-6-13-7-14-10(9)5-8/h2,6-8,11H,1,3-5H2. The largest absolute Gasteiger partial charge is 0.329 e. The molecular weight excluding hydrogens is 202 g/mol. The summed E-state index contributed by atoms with van der Waals surface area (Å²) in [6.07, 6.45) is 7.76. The first-order valence-electron chi connectivity index (χ1n) is 5.54. The van der Waals surface area contributed by atoms with Crippen LogP contribution in [0.15, 0.2) is 25.2 Å². The van der Waals surface area contributed by atoms with Crippen molar-refractivity contribution in [2.45, 2.75) is 31.3 Å². The Morgan fingerprint density at radius 1 is 1.56 bits per heavy atom. The van der Waals surface area contributed by atoms with Gasteiger partial charge in [-0.15, -0.1) is 0 Å². The summed E-state index contributed by atoms with van der Waals surface area (Å²) < 4.78 is 0. The Bertz CT molecular complexity index is 457. The molecule has 2 bridgehead atoms. The Morgan fingerprint density at radius 2 is 2.44 bits per heavy atom. The summed E-state index contributed by atoms with van der Waals surface area (Å²) in [5.74, 6) is 0.0296. The molecule has 1 aromatic rings. The molecule has 2 aliphatic rings. The zero-order chi connectivity index (χ0) is 11.1. The van der Waals surface area contributed by atoms with E-state index in [-0.39, 0.29) is 11.9 Å². The van der Waals surface area contributed by atoms with Crippen LogP contribution in [0.5, 0.6) is 0 Å². The Balaban J connectivity index is 2.05. The maximum absolute atomic E-state index is 11.8. The third-order valence-electron chi connectivity index (χ3n) is 3.55. The second kappa shape index (κ2) is 3.40. The maximum atomic E-state index is 11.8. The van der Waals surface area contributed by atoms with Gasteiger partial charge in [0.2, 0.25) is 5.91 Å². The van der Waals surface area contributed by atoms with Gasteiger partial charge in [-0.25, -0.2) is 9.97 Å². The van der Waals surface area contributed by atoms with Gasteiger partial charge < -0.3 is 4.90 Å². The van der Waals surface area contributed by atoms with Crippen LogP contribution in [0, 0.1) is 0 Å². The van der Waals surface area contributed by atoms with E-state index in [4.69, 9.17) is 0 Å². The van der Waals surface area contributed by atoms with Crippen LogP contribution in [0.3, 0.4) is 0 Å². The van der Waals surface area contributed by atoms with Gasteiger partial charge in [-0.3, -0.25) is 4.79 Å². The van der Waals surface area contributed by atoms with Crippen molar-refractivity contribution in [1.29, 1.82) is 0 Å². The van der Waals surface area contributed by atoms with Crippen molar-refractivity contribution in [3.63, 3.8) is 0 Å². The van der Waals surface area contributed by atoms with E-state index in [0.717, 1.165) is 30.5 Å². The van der Waals surface area contributed by atoms with Crippen molar-refractivity contribution < 1.29 is 4.79 Å². The predicted molar refractivity (Wildman–Crippen MR) is 58.5 cm³/mol. The van der Waals surface area contributed by atoms with E-state index in [0.29, 0.717) is 6.04 Å². The molecule has 4 heteroatoms. The van der Waals surface area contributed by atoms with Crippen molar-refractivity contribution >= 4 is 5.91 Å². The second-order valence-corrected chi connectivity index (χ2v) is 4.33. The minimum Gasteiger partial charge on any atom is -0.329 e. The number of aromatic nitrogens is 2. The molecule has 0 aromatic carbocycles. The van der Waals surface area contributed by atoms with Gasteiger partial charge in [-0.05, 0) is 18.9 Å². The fraction of sp³-hybridized carbons (Fsp3) is 0.417. The van der Waals surface area contributed by atoms with Crippen LogP contribution in [0.25, 0.3) is 0 Å². The average Bonchev–Trinajstić information content (AvgIpc) is 2.64. The predicted octanol–water partition coefficient (Wildman–Crippen LogP) is 1.25. The molecule has 2 aliphatic heterocycles. The second-order valence-electron chi connectivity index (χ2n) is 4.33. The lowest BCUT2D eigenvalue weighted by Crippen LogP contribution is -2.41. The van der Waals surface area contributed by atoms with Crippen LogP contribution in [0.2, 0.25) is 0 Å². The van der Waals surface area contributed by atoms with Gasteiger partial charge >= 0.3 is 0 Å². The number of nitrogens with zero attached hydrogens (tertiary/aromatic N) is 3. The lowest BCUT2D eigenvalue weighted by Gasteiger charge is -2.34. The van der Waals surface area contributed by atoms with Gasteiger partial charge in [-0.2, -0.15) is 0 Å². The van der Waals surface area contributed by atoms with E-state index >= 15 is 0 Å². The molecule has 0 spiro atoms. The molecule has 16 heavy (non-hydrogen) atoms. The lowest BCUT2D eigenvalue weighted by molar-refractivity contribution is -0.129. The Hall–Kier alpha value is -1.71. The van der Waals surface area contributed by atoms with Crippen molar-refractivity contribution in [3.05, 3.63) is 36.4 Å². The zero-order valence-electron chi connectivity index (χ0n) is 8.97. The molecule has 1 fully saturated rings. The molecule has 1 saturated heterocycles. The van der Waals surface area contributed by atoms with Gasteiger partial charge in [0.05, 0.1) is 11.7 Å². The van der Waals surface area contributed by atoms with Gasteiger partial charge in [0.25, 0.3) is 0 Å². The van der Waals surface area contributed by atoms with Crippen LogP contribution < -0.4 is 0 Å². The molecule has 2 unspecified atom stereocenters. The molecule has 3 rings (SSSR count). The highest BCUT2D eigenvalue weighted by Gasteiger charge is 2.42. The van der Waals surface area contributed by atoms with E-state index in [1.165, 1.54) is 6.08 Å². The number of carbonyl (C=O) groups is 1. The normalized spacial score (nSPS) is 26.4. The summed E-state index contributed by atoms with van der Waals surface area (Å²) in [4.78, 5) is 22.1. The van der Waals surface area contributed by atoms with E-state index in [9.17, 15) is 4.79 Å². The van der Waals surface area contributed by atoms with Crippen molar-refractivity contribution in [1.82, 2.24) is 14.9 Å². The minimum atomic E-state index is 0.0296. The molecule has 0 saturated carbocycles. The Labute approximate surface area is 94.0 Å². The molecule has 1 amide bonds. The first-order valence-corrected chi connectivity index (χ1v) is 5.54. The van der Waals surface area contributed by atoms with Crippen LogP contribution >= 0.6 is 0 Å². The van der Waals surface area contributed by atoms with Crippen LogP contribution in [-0.4, -0.2) is 26.8 Å². The molecular formula is C12H13N3O. The highest BCUT2D eigenvalue weighted by atomic mass is 16.2. The van der Waals surface area contributed by atoms with E-state index < -0.39 is 0 Å². The number of hydrogen-bond donors (Lipinski definition) is 0. The molecule has 1 aromatic heterocycles. The highest BCUT2D eigenvalue weighted by molar-refractivity contribution is 5.88. The molecule has 2 atom stereocenters. The van der Waals surface area contributed by atoms with E-state index in [1.807, 2.05) is 11.1 Å². The van der Waals surface area contributed by atoms with Crippen molar-refractivity contribution in [2.24, 2.45) is 0 Å². The molecule has 0 radical (unpaired) electrons. The van der Waals surface area contributed by atoms with Crippen LogP contribution in [0.1, 0.15) is 30.1 Å². The first-order chi connectivity index (χ1) is 7.81. The maximum Gasteiger partial charge on any atom is 0.246 e. The summed E-state index contributed by atoms with van der Waals surface area (Å²) in [6.45, 7) is 3.57. The molecule has 82 valence electrons. The van der Waals surface area contributed by atoms with Gasteiger partial charge in [0.15, 0.2) is 0 Å². The first kappa shape index (κ1) is 9.51. The van der Waals surface area contributed by atoms with Crippen LogP contribution in [-0.2, 0) is 11.2 Å². The number of amides is 1. The quantitative estimate of drug-likeness (QED) is 0.662. The Morgan fingerprint density at radius 3 is 3.25 bits per heavy atom.